The van der Waals surface area contributed by atoms with Crippen molar-refractivity contribution < 1.29 is 9.15 Å². The fraction of sp³-hybridized carbons (Fsp3) is 0.462. The van der Waals surface area contributed by atoms with E-state index in [2.05, 4.69) is 20.5 Å². The third kappa shape index (κ3) is 2.19. The molecule has 1 saturated heterocycles. The van der Waals surface area contributed by atoms with Gasteiger partial charge in [-0.15, -0.1) is 10.2 Å². The van der Waals surface area contributed by atoms with Crippen LogP contribution in [0.15, 0.2) is 29.3 Å². The smallest absolute Gasteiger partial charge is 0.249 e. The van der Waals surface area contributed by atoms with Gasteiger partial charge in [0.2, 0.25) is 12.3 Å². The van der Waals surface area contributed by atoms with Crippen LogP contribution in [-0.2, 0) is 0 Å². The lowest BCUT2D eigenvalue weighted by atomic mass is 10.2. The SMILES string of the molecule is c1nnc(-c2cncc(OC[C@@H]3C[C@H]4C[C@H]4N3)c2)o1. The summed E-state index contributed by atoms with van der Waals surface area (Å²) in [6.45, 7) is 0.683. The van der Waals surface area contributed by atoms with E-state index in [9.17, 15) is 0 Å². The van der Waals surface area contributed by atoms with E-state index in [0.717, 1.165) is 23.3 Å². The Labute approximate surface area is 110 Å². The fourth-order valence-corrected chi connectivity index (χ4v) is 2.67. The predicted molar refractivity (Wildman–Crippen MR) is 66.5 cm³/mol. The van der Waals surface area contributed by atoms with Gasteiger partial charge in [-0.25, -0.2) is 0 Å². The van der Waals surface area contributed by atoms with Gasteiger partial charge in [0, 0.05) is 18.3 Å². The molecule has 1 aliphatic heterocycles. The predicted octanol–water partition coefficient (Wildman–Crippen LogP) is 1.26. The van der Waals surface area contributed by atoms with Crippen molar-refractivity contribution >= 4 is 0 Å². The van der Waals surface area contributed by atoms with Crippen LogP contribution in [0, 0.1) is 5.92 Å². The topological polar surface area (TPSA) is 73.1 Å². The van der Waals surface area contributed by atoms with Gasteiger partial charge in [-0.05, 0) is 24.8 Å². The Hall–Kier alpha value is -1.95. The summed E-state index contributed by atoms with van der Waals surface area (Å²) in [5.74, 6) is 2.08. The highest BCUT2D eigenvalue weighted by Crippen LogP contribution is 2.40. The van der Waals surface area contributed by atoms with Crippen LogP contribution < -0.4 is 10.1 Å². The van der Waals surface area contributed by atoms with Gasteiger partial charge in [0.25, 0.3) is 0 Å². The first-order valence-corrected chi connectivity index (χ1v) is 6.49. The Morgan fingerprint density at radius 2 is 2.37 bits per heavy atom. The lowest BCUT2D eigenvalue weighted by molar-refractivity contribution is 0.267. The van der Waals surface area contributed by atoms with E-state index in [4.69, 9.17) is 9.15 Å². The highest BCUT2D eigenvalue weighted by atomic mass is 16.5. The maximum Gasteiger partial charge on any atom is 0.249 e. The molecule has 1 N–H and O–H groups in total. The number of pyridine rings is 1. The summed E-state index contributed by atoms with van der Waals surface area (Å²) in [4.78, 5) is 4.14. The zero-order valence-corrected chi connectivity index (χ0v) is 10.3. The molecule has 0 spiro atoms. The molecule has 1 aliphatic carbocycles. The summed E-state index contributed by atoms with van der Waals surface area (Å²) in [6.07, 6.45) is 7.25. The third-order valence-electron chi connectivity index (χ3n) is 3.73. The van der Waals surface area contributed by atoms with Crippen molar-refractivity contribution in [1.82, 2.24) is 20.5 Å². The standard InChI is InChI=1S/C13H14N4O2/c1-8-3-12(8)16-10(1)6-18-11-2-9(4-14-5-11)13-17-15-7-19-13/h2,4-5,7-8,10,12,16H,1,3,6H2/t8-,10-,12+/m0/s1. The van der Waals surface area contributed by atoms with Crippen molar-refractivity contribution in [3.8, 4) is 17.2 Å². The largest absolute Gasteiger partial charge is 0.490 e. The second kappa shape index (κ2) is 4.31. The molecule has 2 aromatic heterocycles. The van der Waals surface area contributed by atoms with Crippen LogP contribution in [-0.4, -0.2) is 33.9 Å². The molecule has 2 fully saturated rings. The van der Waals surface area contributed by atoms with Crippen molar-refractivity contribution in [3.05, 3.63) is 24.9 Å². The number of fused-ring (bicyclic) bond motifs is 1. The van der Waals surface area contributed by atoms with E-state index in [1.807, 2.05) is 6.07 Å². The van der Waals surface area contributed by atoms with E-state index < -0.39 is 0 Å². The Balaban J connectivity index is 1.42. The summed E-state index contributed by atoms with van der Waals surface area (Å²) in [5, 5.41) is 11.1. The van der Waals surface area contributed by atoms with E-state index in [-0.39, 0.29) is 0 Å². The average molecular weight is 258 g/mol. The molecule has 0 radical (unpaired) electrons. The maximum absolute atomic E-state index is 5.78. The van der Waals surface area contributed by atoms with Gasteiger partial charge in [-0.1, -0.05) is 0 Å². The highest BCUT2D eigenvalue weighted by Gasteiger charge is 2.45. The van der Waals surface area contributed by atoms with Crippen molar-refractivity contribution in [1.29, 1.82) is 0 Å². The molecule has 98 valence electrons. The molecule has 19 heavy (non-hydrogen) atoms. The van der Waals surface area contributed by atoms with E-state index in [0.29, 0.717) is 18.5 Å². The van der Waals surface area contributed by atoms with Crippen molar-refractivity contribution in [2.75, 3.05) is 6.61 Å². The Morgan fingerprint density at radius 3 is 3.16 bits per heavy atom. The van der Waals surface area contributed by atoms with Crippen LogP contribution in [0.2, 0.25) is 0 Å². The minimum absolute atomic E-state index is 0.457. The molecule has 4 rings (SSSR count). The minimum Gasteiger partial charge on any atom is -0.490 e. The van der Waals surface area contributed by atoms with Crippen LogP contribution in [0.5, 0.6) is 5.75 Å². The Morgan fingerprint density at radius 1 is 1.37 bits per heavy atom. The molecular formula is C13H14N4O2. The lowest BCUT2D eigenvalue weighted by Gasteiger charge is -2.14. The van der Waals surface area contributed by atoms with Gasteiger partial charge < -0.3 is 14.5 Å². The highest BCUT2D eigenvalue weighted by molar-refractivity contribution is 5.53. The lowest BCUT2D eigenvalue weighted by Crippen LogP contribution is -2.31. The number of nitrogens with zero attached hydrogens (tertiary/aromatic N) is 3. The Kier molecular flexibility index (Phi) is 2.48. The maximum atomic E-state index is 5.78. The molecule has 0 amide bonds. The monoisotopic (exact) mass is 258 g/mol. The van der Waals surface area contributed by atoms with E-state index >= 15 is 0 Å². The number of ether oxygens (including phenoxy) is 1. The molecule has 6 nitrogen and oxygen atoms in total. The molecule has 0 bridgehead atoms. The summed E-state index contributed by atoms with van der Waals surface area (Å²) in [6, 6.07) is 3.09. The first-order chi connectivity index (χ1) is 9.38. The third-order valence-corrected chi connectivity index (χ3v) is 3.73. The van der Waals surface area contributed by atoms with Gasteiger partial charge in [-0.2, -0.15) is 0 Å². The molecule has 3 heterocycles. The zero-order chi connectivity index (χ0) is 12.7. The normalized spacial score (nSPS) is 28.1. The molecule has 0 aromatic carbocycles. The van der Waals surface area contributed by atoms with Gasteiger partial charge in [-0.3, -0.25) is 4.98 Å². The molecule has 3 atom stereocenters. The zero-order valence-electron chi connectivity index (χ0n) is 10.3. The van der Waals surface area contributed by atoms with Gasteiger partial charge >= 0.3 is 0 Å². The second-order valence-corrected chi connectivity index (χ2v) is 5.17. The summed E-state index contributed by atoms with van der Waals surface area (Å²) < 4.78 is 10.9. The van der Waals surface area contributed by atoms with Crippen molar-refractivity contribution in [3.63, 3.8) is 0 Å². The quantitative estimate of drug-likeness (QED) is 0.890. The van der Waals surface area contributed by atoms with E-state index in [1.54, 1.807) is 12.4 Å². The van der Waals surface area contributed by atoms with Crippen LogP contribution >= 0.6 is 0 Å². The van der Waals surface area contributed by atoms with Crippen LogP contribution in [0.4, 0.5) is 0 Å². The first-order valence-electron chi connectivity index (χ1n) is 6.49. The molecule has 0 unspecified atom stereocenters. The number of piperidine rings is 1. The molecule has 2 aliphatic rings. The summed E-state index contributed by atoms with van der Waals surface area (Å²) >= 11 is 0. The van der Waals surface area contributed by atoms with Crippen molar-refractivity contribution in [2.45, 2.75) is 24.9 Å². The molecule has 2 aromatic rings. The second-order valence-electron chi connectivity index (χ2n) is 5.17. The first kappa shape index (κ1) is 10.9. The Bertz CT molecular complexity index is 562. The van der Waals surface area contributed by atoms with Crippen LogP contribution in [0.25, 0.3) is 11.5 Å². The molecular weight excluding hydrogens is 244 g/mol. The number of hydrogen-bond acceptors (Lipinski definition) is 6. The number of hydrogen-bond donors (Lipinski definition) is 1. The minimum atomic E-state index is 0.457. The number of rotatable bonds is 4. The summed E-state index contributed by atoms with van der Waals surface area (Å²) in [5.41, 5.74) is 0.775. The number of aromatic nitrogens is 3. The van der Waals surface area contributed by atoms with Crippen LogP contribution in [0.1, 0.15) is 12.8 Å². The van der Waals surface area contributed by atoms with Gasteiger partial charge in [0.05, 0.1) is 11.8 Å². The molecule has 1 saturated carbocycles. The van der Waals surface area contributed by atoms with Crippen molar-refractivity contribution in [2.24, 2.45) is 5.92 Å². The fourth-order valence-electron chi connectivity index (χ4n) is 2.67. The number of nitrogens with one attached hydrogen (secondary N) is 1. The average Bonchev–Trinajstić information content (AvgIpc) is 2.87. The van der Waals surface area contributed by atoms with Gasteiger partial charge in [0.1, 0.15) is 12.4 Å². The van der Waals surface area contributed by atoms with Crippen LogP contribution in [0.3, 0.4) is 0 Å². The van der Waals surface area contributed by atoms with E-state index in [1.165, 1.54) is 19.2 Å². The van der Waals surface area contributed by atoms with Gasteiger partial charge in [0.15, 0.2) is 0 Å². The molecule has 6 heteroatoms. The summed E-state index contributed by atoms with van der Waals surface area (Å²) in [7, 11) is 0.